The molecular formula is C25H30N4O. The Morgan fingerprint density at radius 2 is 1.83 bits per heavy atom. The molecule has 1 saturated carbocycles. The predicted octanol–water partition coefficient (Wildman–Crippen LogP) is 5.28. The summed E-state index contributed by atoms with van der Waals surface area (Å²) in [6, 6.07) is 17.4. The summed E-state index contributed by atoms with van der Waals surface area (Å²) in [6.45, 7) is 2.00. The largest absolute Gasteiger partial charge is 0.497 e. The number of benzene rings is 2. The Labute approximate surface area is 177 Å². The van der Waals surface area contributed by atoms with Gasteiger partial charge in [0.25, 0.3) is 0 Å². The van der Waals surface area contributed by atoms with Crippen LogP contribution in [-0.4, -0.2) is 33.6 Å². The number of ether oxygens (including phenoxy) is 1. The van der Waals surface area contributed by atoms with Gasteiger partial charge in [-0.05, 0) is 62.2 Å². The second kappa shape index (κ2) is 8.52. The minimum Gasteiger partial charge on any atom is -0.497 e. The Morgan fingerprint density at radius 1 is 1.03 bits per heavy atom. The van der Waals surface area contributed by atoms with E-state index in [2.05, 4.69) is 56.9 Å². The molecule has 0 atom stereocenters. The van der Waals surface area contributed by atoms with Crippen molar-refractivity contribution in [2.24, 2.45) is 0 Å². The fourth-order valence-electron chi connectivity index (χ4n) is 4.71. The molecule has 5 nitrogen and oxygen atoms in total. The summed E-state index contributed by atoms with van der Waals surface area (Å²) in [4.78, 5) is 4.94. The number of aromatic nitrogens is 3. The van der Waals surface area contributed by atoms with Crippen LogP contribution in [0.5, 0.6) is 5.75 Å². The predicted molar refractivity (Wildman–Crippen MR) is 122 cm³/mol. The van der Waals surface area contributed by atoms with Crippen LogP contribution in [0.2, 0.25) is 0 Å². The first kappa shape index (κ1) is 19.2. The zero-order chi connectivity index (χ0) is 20.3. The minimum absolute atomic E-state index is 0.707. The van der Waals surface area contributed by atoms with Crippen molar-refractivity contribution in [3.05, 3.63) is 54.7 Å². The fraction of sp³-hybridized carbons (Fsp3) is 0.400. The second-order valence-corrected chi connectivity index (χ2v) is 8.31. The lowest BCUT2D eigenvalue weighted by Gasteiger charge is -2.22. The molecule has 0 aliphatic heterocycles. The Morgan fingerprint density at radius 3 is 2.63 bits per heavy atom. The van der Waals surface area contributed by atoms with Gasteiger partial charge >= 0.3 is 0 Å². The topological polar surface area (TPSA) is 43.5 Å². The molecule has 2 aromatic heterocycles. The quantitative estimate of drug-likeness (QED) is 0.428. The van der Waals surface area contributed by atoms with Gasteiger partial charge in [0.15, 0.2) is 0 Å². The van der Waals surface area contributed by atoms with Crippen LogP contribution in [0.25, 0.3) is 28.1 Å². The number of nitrogens with one attached hydrogen (secondary N) is 1. The maximum atomic E-state index is 5.34. The van der Waals surface area contributed by atoms with E-state index in [1.807, 2.05) is 12.1 Å². The van der Waals surface area contributed by atoms with Crippen LogP contribution in [0, 0.1) is 0 Å². The minimum atomic E-state index is 0.707. The molecule has 4 aromatic rings. The highest BCUT2D eigenvalue weighted by Crippen LogP contribution is 2.28. The van der Waals surface area contributed by atoms with Gasteiger partial charge in [-0.25, -0.2) is 4.98 Å². The van der Waals surface area contributed by atoms with Crippen LogP contribution in [0.4, 0.5) is 0 Å². The number of nitrogens with zero attached hydrogens (tertiary/aromatic N) is 3. The summed E-state index contributed by atoms with van der Waals surface area (Å²) < 4.78 is 9.93. The van der Waals surface area contributed by atoms with Crippen LogP contribution in [-0.2, 0) is 6.54 Å². The smallest absolute Gasteiger partial charge is 0.215 e. The van der Waals surface area contributed by atoms with Crippen LogP contribution in [0.15, 0.2) is 54.7 Å². The molecular weight excluding hydrogens is 372 g/mol. The van der Waals surface area contributed by atoms with E-state index in [1.54, 1.807) is 7.11 Å². The van der Waals surface area contributed by atoms with Gasteiger partial charge in [-0.1, -0.05) is 31.4 Å². The van der Waals surface area contributed by atoms with E-state index >= 15 is 0 Å². The van der Waals surface area contributed by atoms with Gasteiger partial charge in [0.1, 0.15) is 5.75 Å². The molecule has 5 rings (SSSR count). The van der Waals surface area contributed by atoms with E-state index in [1.165, 1.54) is 43.4 Å². The Kier molecular flexibility index (Phi) is 5.45. The number of hydrogen-bond donors (Lipinski definition) is 1. The number of para-hydroxylation sites is 2. The summed E-state index contributed by atoms with van der Waals surface area (Å²) in [5.74, 6) is 1.89. The van der Waals surface area contributed by atoms with Crippen molar-refractivity contribution >= 4 is 16.8 Å². The van der Waals surface area contributed by atoms with Gasteiger partial charge < -0.3 is 14.6 Å². The van der Waals surface area contributed by atoms with Gasteiger partial charge in [-0.2, -0.15) is 0 Å². The summed E-state index contributed by atoms with van der Waals surface area (Å²) in [5, 5.41) is 3.78. The highest BCUT2D eigenvalue weighted by Gasteiger charge is 2.16. The molecule has 5 heteroatoms. The molecule has 0 unspecified atom stereocenters. The number of rotatable bonds is 7. The lowest BCUT2D eigenvalue weighted by molar-refractivity contribution is 0.369. The van der Waals surface area contributed by atoms with E-state index in [0.29, 0.717) is 6.04 Å². The zero-order valence-corrected chi connectivity index (χ0v) is 17.7. The SMILES string of the molecule is COc1ccc(-c2cn3c4ccccc4nc3n2CCCNC2CCCCC2)cc1. The lowest BCUT2D eigenvalue weighted by atomic mass is 9.95. The number of methoxy groups -OCH3 is 1. The van der Waals surface area contributed by atoms with E-state index < -0.39 is 0 Å². The second-order valence-electron chi connectivity index (χ2n) is 8.31. The average molecular weight is 403 g/mol. The van der Waals surface area contributed by atoms with Gasteiger partial charge in [0.2, 0.25) is 5.78 Å². The molecule has 2 heterocycles. The summed E-state index contributed by atoms with van der Waals surface area (Å²) in [7, 11) is 1.71. The first-order valence-electron chi connectivity index (χ1n) is 11.2. The molecule has 2 aromatic carbocycles. The van der Waals surface area contributed by atoms with Crippen molar-refractivity contribution in [3.63, 3.8) is 0 Å². The van der Waals surface area contributed by atoms with Gasteiger partial charge in [-0.15, -0.1) is 0 Å². The maximum Gasteiger partial charge on any atom is 0.215 e. The van der Waals surface area contributed by atoms with Crippen molar-refractivity contribution in [3.8, 4) is 17.0 Å². The molecule has 1 aliphatic rings. The molecule has 0 amide bonds. The number of imidazole rings is 2. The zero-order valence-electron chi connectivity index (χ0n) is 17.7. The van der Waals surface area contributed by atoms with Crippen LogP contribution in [0.3, 0.4) is 0 Å². The monoisotopic (exact) mass is 402 g/mol. The molecule has 1 fully saturated rings. The first-order valence-corrected chi connectivity index (χ1v) is 11.2. The molecule has 156 valence electrons. The summed E-state index contributed by atoms with van der Waals surface area (Å²) in [6.07, 6.45) is 10.1. The molecule has 0 radical (unpaired) electrons. The van der Waals surface area contributed by atoms with Crippen molar-refractivity contribution < 1.29 is 4.74 Å². The Balaban J connectivity index is 1.43. The van der Waals surface area contributed by atoms with E-state index in [4.69, 9.17) is 9.72 Å². The normalized spacial score (nSPS) is 15.2. The van der Waals surface area contributed by atoms with Gasteiger partial charge in [-0.3, -0.25) is 4.40 Å². The van der Waals surface area contributed by atoms with Crippen LogP contribution in [0.1, 0.15) is 38.5 Å². The number of fused-ring (bicyclic) bond motifs is 3. The molecule has 0 spiro atoms. The van der Waals surface area contributed by atoms with Crippen molar-refractivity contribution in [1.82, 2.24) is 19.3 Å². The fourth-order valence-corrected chi connectivity index (χ4v) is 4.71. The molecule has 0 saturated heterocycles. The molecule has 1 N–H and O–H groups in total. The first-order chi connectivity index (χ1) is 14.8. The van der Waals surface area contributed by atoms with Crippen molar-refractivity contribution in [1.29, 1.82) is 0 Å². The highest BCUT2D eigenvalue weighted by molar-refractivity contribution is 5.81. The highest BCUT2D eigenvalue weighted by atomic mass is 16.5. The third-order valence-electron chi connectivity index (χ3n) is 6.34. The Hall–Kier alpha value is -2.79. The lowest BCUT2D eigenvalue weighted by Crippen LogP contribution is -2.32. The number of hydrogen-bond acceptors (Lipinski definition) is 3. The van der Waals surface area contributed by atoms with E-state index in [9.17, 15) is 0 Å². The van der Waals surface area contributed by atoms with E-state index in [0.717, 1.165) is 42.1 Å². The third-order valence-corrected chi connectivity index (χ3v) is 6.34. The molecule has 30 heavy (non-hydrogen) atoms. The van der Waals surface area contributed by atoms with Crippen molar-refractivity contribution in [2.75, 3.05) is 13.7 Å². The van der Waals surface area contributed by atoms with Gasteiger partial charge in [0, 0.05) is 24.3 Å². The summed E-state index contributed by atoms with van der Waals surface area (Å²) >= 11 is 0. The summed E-state index contributed by atoms with van der Waals surface area (Å²) in [5.41, 5.74) is 4.58. The average Bonchev–Trinajstić information content (AvgIpc) is 3.34. The van der Waals surface area contributed by atoms with E-state index in [-0.39, 0.29) is 0 Å². The Bertz CT molecular complexity index is 1120. The van der Waals surface area contributed by atoms with Crippen LogP contribution < -0.4 is 10.1 Å². The van der Waals surface area contributed by atoms with Crippen molar-refractivity contribution in [2.45, 2.75) is 51.1 Å². The maximum absolute atomic E-state index is 5.34. The third kappa shape index (κ3) is 3.70. The van der Waals surface area contributed by atoms with Crippen LogP contribution >= 0.6 is 0 Å². The standard InChI is InChI=1S/C25H30N4O/c1-30-21-14-12-19(13-15-21)24-18-29-23-11-6-5-10-22(23)27-25(29)28(24)17-7-16-26-20-8-3-2-4-9-20/h5-6,10-15,18,20,26H,2-4,7-9,16-17H2,1H3. The van der Waals surface area contributed by atoms with Gasteiger partial charge in [0.05, 0.1) is 23.8 Å². The molecule has 1 aliphatic carbocycles. The molecule has 0 bridgehead atoms. The number of aryl methyl sites for hydroxylation is 1.